The number of hydrogen-bond acceptors (Lipinski definition) is 4. The van der Waals surface area contributed by atoms with Gasteiger partial charge >= 0.3 is 6.09 Å². The molecular weight excluding hydrogens is 473 g/mol. The first-order valence-corrected chi connectivity index (χ1v) is 8.90. The predicted molar refractivity (Wildman–Crippen MR) is 122 cm³/mol. The smallest absolute Gasteiger partial charge is 0.407 e. The Kier molecular flexibility index (Phi) is 12.2. The van der Waals surface area contributed by atoms with E-state index in [1.165, 1.54) is 4.90 Å². The van der Waals surface area contributed by atoms with E-state index in [9.17, 15) is 9.59 Å². The fourth-order valence-electron chi connectivity index (χ4n) is 1.91. The number of aliphatic imine (C=N–C) groups is 1. The molecule has 0 bridgehead atoms. The van der Waals surface area contributed by atoms with Crippen molar-refractivity contribution in [3.8, 4) is 0 Å². The Labute approximate surface area is 184 Å². The number of carbonyl (C=O) groups excluding carboxylic acids is 2. The average Bonchev–Trinajstić information content (AvgIpc) is 2.59. The molecule has 28 heavy (non-hydrogen) atoms. The molecule has 0 unspecified atom stereocenters. The summed E-state index contributed by atoms with van der Waals surface area (Å²) >= 11 is 0. The second-order valence-corrected chi connectivity index (χ2v) is 7.15. The van der Waals surface area contributed by atoms with Crippen LogP contribution in [0, 0.1) is 0 Å². The zero-order chi connectivity index (χ0) is 20.3. The highest BCUT2D eigenvalue weighted by atomic mass is 127. The van der Waals surface area contributed by atoms with Crippen LogP contribution in [0.2, 0.25) is 0 Å². The maximum Gasteiger partial charge on any atom is 0.407 e. The SMILES string of the molecule is CN(C)C(=O)CNC(=NCc1ccccc1)NCCNC(=O)OC(C)(C)C.I. The Morgan fingerprint density at radius 3 is 2.21 bits per heavy atom. The minimum Gasteiger partial charge on any atom is -0.444 e. The lowest BCUT2D eigenvalue weighted by Gasteiger charge is -2.20. The lowest BCUT2D eigenvalue weighted by atomic mass is 10.2. The van der Waals surface area contributed by atoms with Gasteiger partial charge in [-0.1, -0.05) is 30.3 Å². The summed E-state index contributed by atoms with van der Waals surface area (Å²) in [5.74, 6) is 0.441. The summed E-state index contributed by atoms with van der Waals surface area (Å²) in [7, 11) is 3.39. The number of alkyl carbamates (subject to hydrolysis) is 1. The number of ether oxygens (including phenoxy) is 1. The summed E-state index contributed by atoms with van der Waals surface area (Å²) < 4.78 is 5.18. The van der Waals surface area contributed by atoms with Crippen molar-refractivity contribution in [2.24, 2.45) is 4.99 Å². The number of benzene rings is 1. The molecule has 1 rings (SSSR count). The van der Waals surface area contributed by atoms with Gasteiger partial charge in [-0.3, -0.25) is 4.79 Å². The van der Waals surface area contributed by atoms with Gasteiger partial charge in [-0.15, -0.1) is 24.0 Å². The van der Waals surface area contributed by atoms with Crippen molar-refractivity contribution in [1.29, 1.82) is 0 Å². The van der Waals surface area contributed by atoms with Gasteiger partial charge in [-0.2, -0.15) is 0 Å². The molecule has 0 aliphatic heterocycles. The molecule has 0 aliphatic carbocycles. The molecule has 0 aliphatic rings. The Morgan fingerprint density at radius 2 is 1.64 bits per heavy atom. The van der Waals surface area contributed by atoms with Gasteiger partial charge in [0.2, 0.25) is 5.91 Å². The number of halogens is 1. The van der Waals surface area contributed by atoms with Gasteiger partial charge < -0.3 is 25.6 Å². The standard InChI is InChI=1S/C19H31N5O3.HI/c1-19(2,3)27-18(26)21-12-11-20-17(23-14-16(25)24(4)5)22-13-15-9-7-6-8-10-15;/h6-10H,11-14H2,1-5H3,(H,21,26)(H2,20,22,23);1H. The molecule has 158 valence electrons. The van der Waals surface area contributed by atoms with E-state index in [2.05, 4.69) is 20.9 Å². The molecule has 1 aromatic carbocycles. The molecule has 8 nitrogen and oxygen atoms in total. The lowest BCUT2D eigenvalue weighted by molar-refractivity contribution is -0.127. The van der Waals surface area contributed by atoms with Crippen LogP contribution in [0.3, 0.4) is 0 Å². The zero-order valence-electron chi connectivity index (χ0n) is 17.2. The van der Waals surface area contributed by atoms with E-state index >= 15 is 0 Å². The summed E-state index contributed by atoms with van der Waals surface area (Å²) in [5, 5.41) is 8.77. The van der Waals surface area contributed by atoms with Crippen LogP contribution in [0.25, 0.3) is 0 Å². The number of likely N-dealkylation sites (N-methyl/N-ethyl adjacent to an activating group) is 1. The van der Waals surface area contributed by atoms with Crippen LogP contribution >= 0.6 is 24.0 Å². The van der Waals surface area contributed by atoms with Gasteiger partial charge in [0, 0.05) is 27.2 Å². The third kappa shape index (κ3) is 12.4. The molecule has 0 aromatic heterocycles. The van der Waals surface area contributed by atoms with Crippen molar-refractivity contribution in [3.63, 3.8) is 0 Å². The molecule has 0 saturated carbocycles. The van der Waals surface area contributed by atoms with Crippen LogP contribution in [0.4, 0.5) is 4.79 Å². The highest BCUT2D eigenvalue weighted by Gasteiger charge is 2.15. The lowest BCUT2D eigenvalue weighted by Crippen LogP contribution is -2.45. The molecule has 0 atom stereocenters. The van der Waals surface area contributed by atoms with Crippen molar-refractivity contribution >= 4 is 41.9 Å². The van der Waals surface area contributed by atoms with E-state index < -0.39 is 11.7 Å². The number of amides is 2. The Bertz CT molecular complexity index is 630. The molecule has 2 amide bonds. The fourth-order valence-corrected chi connectivity index (χ4v) is 1.91. The van der Waals surface area contributed by atoms with Gasteiger partial charge in [-0.25, -0.2) is 9.79 Å². The van der Waals surface area contributed by atoms with Crippen LogP contribution in [0.1, 0.15) is 26.3 Å². The molecule has 9 heteroatoms. The molecule has 0 radical (unpaired) electrons. The minimum absolute atomic E-state index is 0. The number of nitrogens with one attached hydrogen (secondary N) is 3. The van der Waals surface area contributed by atoms with Crippen molar-refractivity contribution in [1.82, 2.24) is 20.9 Å². The monoisotopic (exact) mass is 505 g/mol. The number of rotatable bonds is 7. The van der Waals surface area contributed by atoms with E-state index in [-0.39, 0.29) is 36.4 Å². The number of nitrogens with zero attached hydrogens (tertiary/aromatic N) is 2. The Balaban J connectivity index is 0.00000729. The van der Waals surface area contributed by atoms with E-state index in [1.807, 2.05) is 51.1 Å². The normalized spacial score (nSPS) is 11.1. The highest BCUT2D eigenvalue weighted by molar-refractivity contribution is 14.0. The number of guanidine groups is 1. The minimum atomic E-state index is -0.534. The average molecular weight is 505 g/mol. The van der Waals surface area contributed by atoms with Crippen molar-refractivity contribution in [3.05, 3.63) is 35.9 Å². The zero-order valence-corrected chi connectivity index (χ0v) is 19.6. The Morgan fingerprint density at radius 1 is 1.04 bits per heavy atom. The van der Waals surface area contributed by atoms with Crippen molar-refractivity contribution < 1.29 is 14.3 Å². The van der Waals surface area contributed by atoms with E-state index in [0.717, 1.165) is 5.56 Å². The van der Waals surface area contributed by atoms with Gasteiger partial charge in [0.25, 0.3) is 0 Å². The molecule has 0 fully saturated rings. The highest BCUT2D eigenvalue weighted by Crippen LogP contribution is 2.06. The van der Waals surface area contributed by atoms with Crippen LogP contribution in [0.5, 0.6) is 0 Å². The largest absolute Gasteiger partial charge is 0.444 e. The van der Waals surface area contributed by atoms with Gasteiger partial charge in [-0.05, 0) is 26.3 Å². The van der Waals surface area contributed by atoms with Crippen LogP contribution < -0.4 is 16.0 Å². The molecule has 0 spiro atoms. The summed E-state index contributed by atoms with van der Waals surface area (Å²) in [6.07, 6.45) is -0.470. The molecular formula is C19H32IN5O3. The number of carbonyl (C=O) groups is 2. The summed E-state index contributed by atoms with van der Waals surface area (Å²) in [4.78, 5) is 29.4. The van der Waals surface area contributed by atoms with Gasteiger partial charge in [0.05, 0.1) is 13.1 Å². The molecule has 3 N–H and O–H groups in total. The summed E-state index contributed by atoms with van der Waals surface area (Å²) in [6.45, 7) is 6.85. The van der Waals surface area contributed by atoms with Crippen LogP contribution in [0.15, 0.2) is 35.3 Å². The second kappa shape index (κ2) is 13.2. The summed E-state index contributed by atoms with van der Waals surface area (Å²) in [6, 6.07) is 9.81. The third-order valence-electron chi connectivity index (χ3n) is 3.25. The van der Waals surface area contributed by atoms with Crippen LogP contribution in [-0.2, 0) is 16.1 Å². The second-order valence-electron chi connectivity index (χ2n) is 7.15. The van der Waals surface area contributed by atoms with Gasteiger partial charge in [0.15, 0.2) is 5.96 Å². The molecule has 0 heterocycles. The van der Waals surface area contributed by atoms with Gasteiger partial charge in [0.1, 0.15) is 5.60 Å². The maximum absolute atomic E-state index is 11.8. The Hall–Kier alpha value is -2.04. The predicted octanol–water partition coefficient (Wildman–Crippen LogP) is 1.95. The fraction of sp³-hybridized carbons (Fsp3) is 0.526. The third-order valence-corrected chi connectivity index (χ3v) is 3.25. The van der Waals surface area contributed by atoms with Crippen LogP contribution in [-0.4, -0.2) is 62.2 Å². The van der Waals surface area contributed by atoms with Crippen molar-refractivity contribution in [2.75, 3.05) is 33.7 Å². The van der Waals surface area contributed by atoms with E-state index in [4.69, 9.17) is 4.74 Å². The molecule has 1 aromatic rings. The summed E-state index contributed by atoms with van der Waals surface area (Å²) in [5.41, 5.74) is 0.526. The topological polar surface area (TPSA) is 95.1 Å². The molecule has 0 saturated heterocycles. The maximum atomic E-state index is 11.8. The first-order valence-electron chi connectivity index (χ1n) is 8.90. The number of hydrogen-bond donors (Lipinski definition) is 3. The quantitative estimate of drug-likeness (QED) is 0.228. The van der Waals surface area contributed by atoms with E-state index in [1.54, 1.807) is 14.1 Å². The van der Waals surface area contributed by atoms with Crippen molar-refractivity contribution in [2.45, 2.75) is 32.9 Å². The van der Waals surface area contributed by atoms with E-state index in [0.29, 0.717) is 25.6 Å². The first-order chi connectivity index (χ1) is 12.7. The first kappa shape index (κ1) is 26.0.